The van der Waals surface area contributed by atoms with Gasteiger partial charge in [-0.25, -0.2) is 9.18 Å². The van der Waals surface area contributed by atoms with Gasteiger partial charge in [0, 0.05) is 12.6 Å². The molecule has 0 N–H and O–H groups in total. The highest BCUT2D eigenvalue weighted by molar-refractivity contribution is 6.02. The molecule has 2 aromatic heterocycles. The van der Waals surface area contributed by atoms with Crippen LogP contribution in [0.3, 0.4) is 0 Å². The van der Waals surface area contributed by atoms with Gasteiger partial charge in [0.1, 0.15) is 5.82 Å². The van der Waals surface area contributed by atoms with E-state index in [1.54, 1.807) is 13.0 Å². The molecule has 0 bridgehead atoms. The molecule has 140 valence electrons. The fraction of sp³-hybridized carbons (Fsp3) is 0.125. The van der Waals surface area contributed by atoms with Gasteiger partial charge in [-0.1, -0.05) is 48.5 Å². The van der Waals surface area contributed by atoms with Crippen LogP contribution in [0.2, 0.25) is 0 Å². The van der Waals surface area contributed by atoms with Gasteiger partial charge >= 0.3 is 5.97 Å². The van der Waals surface area contributed by atoms with E-state index in [0.717, 1.165) is 27.9 Å². The molecule has 0 aliphatic carbocycles. The standard InChI is InChI=1S/C24H20FNO2/c1-16-18(11-8-12-20(16)25)15-19-22(24(27)28-2)21-13-6-7-14-26(21)23(19)17-9-4-3-5-10-17/h3-14H,15H2,1-2H3. The Morgan fingerprint density at radius 3 is 2.50 bits per heavy atom. The minimum Gasteiger partial charge on any atom is -0.465 e. The second-order valence-corrected chi connectivity index (χ2v) is 6.72. The number of esters is 1. The van der Waals surface area contributed by atoms with Crippen molar-refractivity contribution < 1.29 is 13.9 Å². The Hall–Kier alpha value is -3.40. The molecule has 0 saturated carbocycles. The fourth-order valence-corrected chi connectivity index (χ4v) is 3.71. The van der Waals surface area contributed by atoms with Crippen LogP contribution in [0.25, 0.3) is 16.8 Å². The van der Waals surface area contributed by atoms with Gasteiger partial charge in [0.2, 0.25) is 0 Å². The van der Waals surface area contributed by atoms with Crippen LogP contribution in [0.15, 0.2) is 72.9 Å². The molecule has 4 rings (SSSR count). The van der Waals surface area contributed by atoms with Gasteiger partial charge in [-0.15, -0.1) is 0 Å². The number of pyridine rings is 1. The summed E-state index contributed by atoms with van der Waals surface area (Å²) in [6.45, 7) is 1.76. The summed E-state index contributed by atoms with van der Waals surface area (Å²) in [5.41, 5.74) is 5.47. The van der Waals surface area contributed by atoms with Crippen molar-refractivity contribution in [1.29, 1.82) is 0 Å². The third kappa shape index (κ3) is 2.97. The van der Waals surface area contributed by atoms with E-state index in [2.05, 4.69) is 0 Å². The highest BCUT2D eigenvalue weighted by Crippen LogP contribution is 2.34. The van der Waals surface area contributed by atoms with Crippen LogP contribution in [0, 0.1) is 12.7 Å². The molecule has 0 radical (unpaired) electrons. The molecule has 28 heavy (non-hydrogen) atoms. The molecule has 4 aromatic rings. The first-order valence-electron chi connectivity index (χ1n) is 9.11. The van der Waals surface area contributed by atoms with Crippen LogP contribution in [0.5, 0.6) is 0 Å². The van der Waals surface area contributed by atoms with E-state index in [4.69, 9.17) is 4.74 Å². The van der Waals surface area contributed by atoms with Crippen molar-refractivity contribution >= 4 is 11.5 Å². The molecule has 0 aliphatic heterocycles. The average molecular weight is 373 g/mol. The van der Waals surface area contributed by atoms with Crippen molar-refractivity contribution in [3.63, 3.8) is 0 Å². The van der Waals surface area contributed by atoms with Crippen molar-refractivity contribution in [2.45, 2.75) is 13.3 Å². The fourth-order valence-electron chi connectivity index (χ4n) is 3.71. The largest absolute Gasteiger partial charge is 0.465 e. The Bertz CT molecular complexity index is 1160. The van der Waals surface area contributed by atoms with Gasteiger partial charge in [-0.3, -0.25) is 0 Å². The molecule has 0 aliphatic rings. The lowest BCUT2D eigenvalue weighted by Gasteiger charge is -2.11. The first kappa shape index (κ1) is 18.0. The molecule has 0 spiro atoms. The minimum absolute atomic E-state index is 0.248. The number of ether oxygens (including phenoxy) is 1. The zero-order valence-corrected chi connectivity index (χ0v) is 15.8. The second kappa shape index (κ2) is 7.31. The van der Waals surface area contributed by atoms with Crippen molar-refractivity contribution in [3.8, 4) is 11.3 Å². The van der Waals surface area contributed by atoms with Crippen LogP contribution < -0.4 is 0 Å². The van der Waals surface area contributed by atoms with Crippen LogP contribution >= 0.6 is 0 Å². The summed E-state index contributed by atoms with van der Waals surface area (Å²) in [7, 11) is 1.38. The van der Waals surface area contributed by atoms with Gasteiger partial charge < -0.3 is 9.14 Å². The van der Waals surface area contributed by atoms with E-state index in [1.165, 1.54) is 13.2 Å². The van der Waals surface area contributed by atoms with Crippen molar-refractivity contribution in [1.82, 2.24) is 4.40 Å². The summed E-state index contributed by atoms with van der Waals surface area (Å²) in [4.78, 5) is 12.7. The van der Waals surface area contributed by atoms with Crippen molar-refractivity contribution in [2.24, 2.45) is 0 Å². The maximum absolute atomic E-state index is 14.1. The van der Waals surface area contributed by atoms with E-state index in [1.807, 2.05) is 65.2 Å². The Morgan fingerprint density at radius 2 is 1.75 bits per heavy atom. The van der Waals surface area contributed by atoms with E-state index in [0.29, 0.717) is 17.5 Å². The molecule has 2 heterocycles. The normalized spacial score (nSPS) is 11.0. The van der Waals surface area contributed by atoms with E-state index in [-0.39, 0.29) is 5.82 Å². The highest BCUT2D eigenvalue weighted by Gasteiger charge is 2.25. The molecule has 4 heteroatoms. The van der Waals surface area contributed by atoms with E-state index < -0.39 is 5.97 Å². The quantitative estimate of drug-likeness (QED) is 0.447. The first-order chi connectivity index (χ1) is 13.6. The predicted octanol–water partition coefficient (Wildman–Crippen LogP) is 5.43. The number of fused-ring (bicyclic) bond motifs is 1. The summed E-state index contributed by atoms with van der Waals surface area (Å²) in [6, 6.07) is 20.7. The van der Waals surface area contributed by atoms with E-state index in [9.17, 15) is 9.18 Å². The Morgan fingerprint density at radius 1 is 1.00 bits per heavy atom. The van der Waals surface area contributed by atoms with Crippen LogP contribution in [0.4, 0.5) is 4.39 Å². The maximum Gasteiger partial charge on any atom is 0.340 e. The average Bonchev–Trinajstić information content (AvgIpc) is 3.05. The number of halogens is 1. The van der Waals surface area contributed by atoms with Crippen LogP contribution in [-0.2, 0) is 11.2 Å². The molecular formula is C24H20FNO2. The van der Waals surface area contributed by atoms with Crippen LogP contribution in [0.1, 0.15) is 27.0 Å². The number of aromatic nitrogens is 1. The lowest BCUT2D eigenvalue weighted by Crippen LogP contribution is -2.06. The lowest BCUT2D eigenvalue weighted by molar-refractivity contribution is 0.0602. The summed E-state index contributed by atoms with van der Waals surface area (Å²) < 4.78 is 21.2. The molecule has 0 fully saturated rings. The third-order valence-corrected chi connectivity index (χ3v) is 5.13. The molecule has 0 saturated heterocycles. The van der Waals surface area contributed by atoms with Gasteiger partial charge in [0.05, 0.1) is 23.9 Å². The number of rotatable bonds is 4. The van der Waals surface area contributed by atoms with Gasteiger partial charge in [-0.2, -0.15) is 0 Å². The Kier molecular flexibility index (Phi) is 4.70. The molecule has 0 amide bonds. The van der Waals surface area contributed by atoms with Gasteiger partial charge in [0.15, 0.2) is 0 Å². The van der Waals surface area contributed by atoms with Crippen LogP contribution in [-0.4, -0.2) is 17.5 Å². The Balaban J connectivity index is 2.05. The number of benzene rings is 2. The molecule has 0 unspecified atom stereocenters. The van der Waals surface area contributed by atoms with Gasteiger partial charge in [0.25, 0.3) is 0 Å². The summed E-state index contributed by atoms with van der Waals surface area (Å²) >= 11 is 0. The number of hydrogen-bond acceptors (Lipinski definition) is 2. The van der Waals surface area contributed by atoms with Crippen molar-refractivity contribution in [2.75, 3.05) is 7.11 Å². The summed E-state index contributed by atoms with van der Waals surface area (Å²) in [5, 5.41) is 0. The first-order valence-corrected chi connectivity index (χ1v) is 9.11. The SMILES string of the molecule is COC(=O)c1c(Cc2cccc(F)c2C)c(-c2ccccc2)n2ccccc12. The molecular weight excluding hydrogens is 353 g/mol. The molecule has 2 aromatic carbocycles. The van der Waals surface area contributed by atoms with Crippen molar-refractivity contribution in [3.05, 3.63) is 101 Å². The zero-order valence-electron chi connectivity index (χ0n) is 15.8. The minimum atomic E-state index is -0.394. The summed E-state index contributed by atoms with van der Waals surface area (Å²) in [5.74, 6) is -0.642. The smallest absolute Gasteiger partial charge is 0.340 e. The number of methoxy groups -OCH3 is 1. The third-order valence-electron chi connectivity index (χ3n) is 5.13. The number of nitrogens with zero attached hydrogens (tertiary/aromatic N) is 1. The lowest BCUT2D eigenvalue weighted by atomic mass is 9.95. The Labute approximate surface area is 163 Å². The number of carbonyl (C=O) groups is 1. The topological polar surface area (TPSA) is 30.7 Å². The number of carbonyl (C=O) groups excluding carboxylic acids is 1. The predicted molar refractivity (Wildman–Crippen MR) is 108 cm³/mol. The molecule has 3 nitrogen and oxygen atoms in total. The highest BCUT2D eigenvalue weighted by atomic mass is 19.1. The zero-order chi connectivity index (χ0) is 19.7. The monoisotopic (exact) mass is 373 g/mol. The number of hydrogen-bond donors (Lipinski definition) is 0. The second-order valence-electron chi connectivity index (χ2n) is 6.72. The maximum atomic E-state index is 14.1. The van der Waals surface area contributed by atoms with E-state index >= 15 is 0 Å². The van der Waals surface area contributed by atoms with Gasteiger partial charge in [-0.05, 0) is 47.4 Å². The molecule has 0 atom stereocenters. The summed E-state index contributed by atoms with van der Waals surface area (Å²) in [6.07, 6.45) is 2.37.